The highest BCUT2D eigenvalue weighted by Crippen LogP contribution is 2.29. The molecule has 0 aliphatic carbocycles. The fraction of sp³-hybridized carbons (Fsp3) is 0.583. The van der Waals surface area contributed by atoms with E-state index in [-0.39, 0.29) is 12.6 Å². The fourth-order valence-electron chi connectivity index (χ4n) is 3.99. The van der Waals surface area contributed by atoms with E-state index in [2.05, 4.69) is 15.5 Å². The van der Waals surface area contributed by atoms with Crippen molar-refractivity contribution in [2.45, 2.75) is 38.8 Å². The molecule has 1 aromatic rings. The number of ether oxygens (including phenoxy) is 2. The van der Waals surface area contributed by atoms with E-state index in [4.69, 9.17) is 9.47 Å². The van der Waals surface area contributed by atoms with Crippen LogP contribution in [0.3, 0.4) is 0 Å². The largest absolute Gasteiger partial charge is 0.497 e. The van der Waals surface area contributed by atoms with Crippen LogP contribution in [0, 0.1) is 0 Å². The molecule has 0 saturated carbocycles. The molecule has 2 aliphatic rings. The number of amides is 5. The second kappa shape index (κ2) is 10.5. The summed E-state index contributed by atoms with van der Waals surface area (Å²) >= 11 is 0. The normalized spacial score (nSPS) is 21.1. The summed E-state index contributed by atoms with van der Waals surface area (Å²) in [6.45, 7) is 10.2. The summed E-state index contributed by atoms with van der Waals surface area (Å²) in [6, 6.07) is 6.24. The first-order valence-electron chi connectivity index (χ1n) is 11.7. The Kier molecular flexibility index (Phi) is 7.89. The van der Waals surface area contributed by atoms with Crippen LogP contribution in [0.4, 0.5) is 9.59 Å². The third kappa shape index (κ3) is 6.41. The van der Waals surface area contributed by atoms with E-state index in [1.165, 1.54) is 0 Å². The number of nitrogens with zero attached hydrogens (tertiary/aromatic N) is 3. The van der Waals surface area contributed by atoms with Crippen molar-refractivity contribution in [3.05, 3.63) is 29.8 Å². The second-order valence-corrected chi connectivity index (χ2v) is 9.83. The van der Waals surface area contributed by atoms with E-state index in [9.17, 15) is 19.2 Å². The molecule has 2 heterocycles. The minimum absolute atomic E-state index is 0.319. The van der Waals surface area contributed by atoms with Crippen molar-refractivity contribution in [3.8, 4) is 5.75 Å². The van der Waals surface area contributed by atoms with Gasteiger partial charge in [-0.15, -0.1) is 0 Å². The molecular weight excluding hydrogens is 454 g/mol. The predicted molar refractivity (Wildman–Crippen MR) is 128 cm³/mol. The Bertz CT molecular complexity index is 952. The number of piperazine rings is 1. The molecule has 1 atom stereocenters. The Morgan fingerprint density at radius 3 is 2.29 bits per heavy atom. The third-order valence-electron chi connectivity index (χ3n) is 6.02. The molecule has 2 fully saturated rings. The van der Waals surface area contributed by atoms with Gasteiger partial charge in [-0.05, 0) is 45.4 Å². The van der Waals surface area contributed by atoms with E-state index in [0.717, 1.165) is 4.90 Å². The number of rotatable bonds is 7. The molecule has 1 unspecified atom stereocenters. The molecule has 1 aromatic carbocycles. The van der Waals surface area contributed by atoms with Crippen LogP contribution in [0.15, 0.2) is 24.3 Å². The summed E-state index contributed by atoms with van der Waals surface area (Å²) in [4.78, 5) is 54.8. The van der Waals surface area contributed by atoms with Crippen molar-refractivity contribution in [2.24, 2.45) is 0 Å². The van der Waals surface area contributed by atoms with Crippen LogP contribution in [0.1, 0.15) is 33.3 Å². The second-order valence-electron chi connectivity index (χ2n) is 9.83. The van der Waals surface area contributed by atoms with E-state index in [0.29, 0.717) is 50.6 Å². The van der Waals surface area contributed by atoms with Gasteiger partial charge in [-0.3, -0.25) is 19.4 Å². The summed E-state index contributed by atoms with van der Waals surface area (Å²) < 4.78 is 10.5. The van der Waals surface area contributed by atoms with Gasteiger partial charge in [0.2, 0.25) is 5.91 Å². The number of benzene rings is 1. The number of hydrogen-bond donors (Lipinski definition) is 2. The molecule has 2 aliphatic heterocycles. The summed E-state index contributed by atoms with van der Waals surface area (Å²) in [5.41, 5.74) is -1.18. The molecule has 5 amide bonds. The topological polar surface area (TPSA) is 121 Å². The van der Waals surface area contributed by atoms with Crippen LogP contribution in [0.2, 0.25) is 0 Å². The average molecular weight is 490 g/mol. The predicted octanol–water partition coefficient (Wildman–Crippen LogP) is 1.13. The lowest BCUT2D eigenvalue weighted by atomic mass is 9.92. The Morgan fingerprint density at radius 1 is 1.09 bits per heavy atom. The number of urea groups is 1. The summed E-state index contributed by atoms with van der Waals surface area (Å²) in [5, 5.41) is 5.46. The molecule has 0 radical (unpaired) electrons. The molecule has 3 rings (SSSR count). The number of carbonyl (C=O) groups is 4. The number of carbonyl (C=O) groups excluding carboxylic acids is 4. The van der Waals surface area contributed by atoms with E-state index >= 15 is 0 Å². The van der Waals surface area contributed by atoms with Crippen LogP contribution in [0.5, 0.6) is 5.75 Å². The molecule has 35 heavy (non-hydrogen) atoms. The minimum atomic E-state index is -1.25. The van der Waals surface area contributed by atoms with Crippen molar-refractivity contribution in [3.63, 3.8) is 0 Å². The molecule has 11 nitrogen and oxygen atoms in total. The standard InChI is InChI=1S/C24H35N5O6/c1-23(2,3)35-22(33)28-14-12-27(13-15-28)11-10-25-19(30)16-29-20(31)24(4,26-21(29)32)17-6-8-18(34-5)9-7-17/h6-9H,10-16H2,1-5H3,(H,25,30)(H,26,32). The van der Waals surface area contributed by atoms with Crippen LogP contribution in [0.25, 0.3) is 0 Å². The SMILES string of the molecule is COc1ccc(C2(C)NC(=O)N(CC(=O)NCCN3CCN(C(=O)OC(C)(C)C)CC3)C2=O)cc1. The lowest BCUT2D eigenvalue weighted by Gasteiger charge is -2.35. The van der Waals surface area contributed by atoms with Gasteiger partial charge in [0.25, 0.3) is 5.91 Å². The third-order valence-corrected chi connectivity index (χ3v) is 6.02. The number of methoxy groups -OCH3 is 1. The highest BCUT2D eigenvalue weighted by Gasteiger charge is 2.49. The minimum Gasteiger partial charge on any atom is -0.497 e. The maximum atomic E-state index is 13.0. The van der Waals surface area contributed by atoms with Crippen molar-refractivity contribution in [2.75, 3.05) is 52.9 Å². The molecular formula is C24H35N5O6. The lowest BCUT2D eigenvalue weighted by molar-refractivity contribution is -0.134. The van der Waals surface area contributed by atoms with Gasteiger partial charge in [0, 0.05) is 39.3 Å². The van der Waals surface area contributed by atoms with Gasteiger partial charge in [0.1, 0.15) is 23.4 Å². The van der Waals surface area contributed by atoms with Crippen molar-refractivity contribution < 1.29 is 28.7 Å². The number of imide groups is 1. The quantitative estimate of drug-likeness (QED) is 0.551. The molecule has 0 bridgehead atoms. The molecule has 2 N–H and O–H groups in total. The van der Waals surface area contributed by atoms with Crippen molar-refractivity contribution >= 4 is 23.9 Å². The fourth-order valence-corrected chi connectivity index (χ4v) is 3.99. The van der Waals surface area contributed by atoms with Crippen LogP contribution >= 0.6 is 0 Å². The Balaban J connectivity index is 1.43. The van der Waals surface area contributed by atoms with Crippen LogP contribution in [-0.2, 0) is 19.9 Å². The Hall–Kier alpha value is -3.34. The maximum Gasteiger partial charge on any atom is 0.410 e. The van der Waals surface area contributed by atoms with E-state index in [1.807, 2.05) is 20.8 Å². The Morgan fingerprint density at radius 2 is 1.71 bits per heavy atom. The zero-order chi connectivity index (χ0) is 25.8. The lowest BCUT2D eigenvalue weighted by Crippen LogP contribution is -2.51. The van der Waals surface area contributed by atoms with E-state index < -0.39 is 29.0 Å². The highest BCUT2D eigenvalue weighted by atomic mass is 16.6. The monoisotopic (exact) mass is 489 g/mol. The van der Waals surface area contributed by atoms with Crippen molar-refractivity contribution in [1.29, 1.82) is 0 Å². The highest BCUT2D eigenvalue weighted by molar-refractivity contribution is 6.09. The molecule has 2 saturated heterocycles. The van der Waals surface area contributed by atoms with Gasteiger partial charge >= 0.3 is 12.1 Å². The van der Waals surface area contributed by atoms with E-state index in [1.54, 1.807) is 43.2 Å². The molecule has 0 spiro atoms. The average Bonchev–Trinajstić information content (AvgIpc) is 3.02. The van der Waals surface area contributed by atoms with Gasteiger partial charge in [-0.25, -0.2) is 9.59 Å². The number of nitrogens with one attached hydrogen (secondary N) is 2. The van der Waals surface area contributed by atoms with Gasteiger partial charge in [-0.1, -0.05) is 12.1 Å². The van der Waals surface area contributed by atoms with Gasteiger partial charge in [0.05, 0.1) is 7.11 Å². The smallest absolute Gasteiger partial charge is 0.410 e. The Labute approximate surface area is 205 Å². The maximum absolute atomic E-state index is 13.0. The van der Waals surface area contributed by atoms with Gasteiger partial charge < -0.3 is 25.0 Å². The number of hydrogen-bond acceptors (Lipinski definition) is 7. The summed E-state index contributed by atoms with van der Waals surface area (Å²) in [6.07, 6.45) is -0.319. The van der Waals surface area contributed by atoms with Crippen molar-refractivity contribution in [1.82, 2.24) is 25.3 Å². The molecule has 192 valence electrons. The zero-order valence-corrected chi connectivity index (χ0v) is 21.1. The first kappa shape index (κ1) is 26.3. The van der Waals surface area contributed by atoms with Gasteiger partial charge in [0.15, 0.2) is 0 Å². The first-order valence-corrected chi connectivity index (χ1v) is 11.7. The summed E-state index contributed by atoms with van der Waals surface area (Å²) in [7, 11) is 1.55. The first-order chi connectivity index (χ1) is 16.4. The zero-order valence-electron chi connectivity index (χ0n) is 21.1. The van der Waals surface area contributed by atoms with Crippen LogP contribution in [-0.4, -0.2) is 97.2 Å². The van der Waals surface area contributed by atoms with Crippen LogP contribution < -0.4 is 15.4 Å². The summed E-state index contributed by atoms with van der Waals surface area (Å²) in [5.74, 6) is -0.266. The molecule has 0 aromatic heterocycles. The van der Waals surface area contributed by atoms with Gasteiger partial charge in [-0.2, -0.15) is 0 Å². The molecule has 11 heteroatoms.